The zero-order valence-corrected chi connectivity index (χ0v) is 14.7. The van der Waals surface area contributed by atoms with Gasteiger partial charge in [0.15, 0.2) is 0 Å². The summed E-state index contributed by atoms with van der Waals surface area (Å²) in [4.78, 5) is 24.4. The van der Waals surface area contributed by atoms with Gasteiger partial charge in [-0.15, -0.1) is 0 Å². The summed E-state index contributed by atoms with van der Waals surface area (Å²) in [5.74, 6) is -0.161. The second-order valence-corrected chi connectivity index (χ2v) is 6.81. The van der Waals surface area contributed by atoms with Crippen molar-refractivity contribution in [1.29, 1.82) is 0 Å². The quantitative estimate of drug-likeness (QED) is 0.878. The van der Waals surface area contributed by atoms with E-state index in [1.165, 1.54) is 10.2 Å². The molecule has 25 heavy (non-hydrogen) atoms. The van der Waals surface area contributed by atoms with Gasteiger partial charge in [0.1, 0.15) is 6.54 Å². The molecule has 0 saturated carbocycles. The summed E-state index contributed by atoms with van der Waals surface area (Å²) in [6.07, 6.45) is 5.80. The van der Waals surface area contributed by atoms with Crippen molar-refractivity contribution in [3.05, 3.63) is 63.6 Å². The lowest BCUT2D eigenvalue weighted by atomic mass is 9.97. The van der Waals surface area contributed by atoms with Gasteiger partial charge in [0, 0.05) is 12.1 Å². The third-order valence-corrected chi connectivity index (χ3v) is 4.68. The van der Waals surface area contributed by atoms with Crippen LogP contribution in [0.25, 0.3) is 0 Å². The molecule has 2 aromatic rings. The Morgan fingerprint density at radius 1 is 1.24 bits per heavy atom. The van der Waals surface area contributed by atoms with Gasteiger partial charge in [-0.05, 0) is 56.6 Å². The first-order chi connectivity index (χ1) is 12.1. The number of carbonyl (C=O) groups is 1. The van der Waals surface area contributed by atoms with Crippen LogP contribution in [0, 0.1) is 0 Å². The molecule has 1 atom stereocenters. The highest BCUT2D eigenvalue weighted by Gasteiger charge is 2.15. The molecule has 0 fully saturated rings. The molecule has 0 saturated heterocycles. The molecule has 1 aliphatic rings. The third-order valence-electron chi connectivity index (χ3n) is 4.68. The van der Waals surface area contributed by atoms with Crippen molar-refractivity contribution in [3.8, 4) is 0 Å². The average Bonchev–Trinajstić information content (AvgIpc) is 2.61. The predicted molar refractivity (Wildman–Crippen MR) is 97.5 cm³/mol. The molecule has 132 valence electrons. The molecule has 5 heteroatoms. The average molecular weight is 339 g/mol. The number of fused-ring (bicyclic) bond motifs is 1. The number of aryl methyl sites for hydroxylation is 3. The first-order valence-electron chi connectivity index (χ1n) is 9.05. The minimum Gasteiger partial charge on any atom is -0.352 e. The summed E-state index contributed by atoms with van der Waals surface area (Å²) >= 11 is 0. The van der Waals surface area contributed by atoms with E-state index >= 15 is 0 Å². The van der Waals surface area contributed by atoms with Crippen molar-refractivity contribution < 1.29 is 4.79 Å². The number of nitrogens with zero attached hydrogens (tertiary/aromatic N) is 2. The van der Waals surface area contributed by atoms with Crippen molar-refractivity contribution in [2.45, 2.75) is 58.0 Å². The number of amides is 1. The highest BCUT2D eigenvalue weighted by Crippen LogP contribution is 2.16. The Hall–Kier alpha value is -2.43. The number of benzene rings is 1. The lowest BCUT2D eigenvalue weighted by molar-refractivity contribution is -0.122. The monoisotopic (exact) mass is 339 g/mol. The van der Waals surface area contributed by atoms with E-state index in [1.807, 2.05) is 25.1 Å². The summed E-state index contributed by atoms with van der Waals surface area (Å²) in [5, 5.41) is 7.36. The Morgan fingerprint density at radius 3 is 2.80 bits per heavy atom. The number of nitrogens with one attached hydrogen (secondary N) is 1. The number of hydrogen-bond acceptors (Lipinski definition) is 3. The topological polar surface area (TPSA) is 64.0 Å². The molecule has 0 radical (unpaired) electrons. The van der Waals surface area contributed by atoms with E-state index in [9.17, 15) is 9.59 Å². The molecule has 0 aliphatic heterocycles. The Morgan fingerprint density at radius 2 is 2.00 bits per heavy atom. The number of rotatable bonds is 6. The molecule has 1 N–H and O–H groups in total. The van der Waals surface area contributed by atoms with Crippen LogP contribution in [0.1, 0.15) is 43.0 Å². The largest absolute Gasteiger partial charge is 0.352 e. The fraction of sp³-hybridized carbons (Fsp3) is 0.450. The van der Waals surface area contributed by atoms with Gasteiger partial charge < -0.3 is 5.32 Å². The van der Waals surface area contributed by atoms with E-state index in [1.54, 1.807) is 6.07 Å². The highest BCUT2D eigenvalue weighted by atomic mass is 16.2. The summed E-state index contributed by atoms with van der Waals surface area (Å²) in [5.41, 5.74) is 3.09. The predicted octanol–water partition coefficient (Wildman–Crippen LogP) is 2.26. The molecule has 0 spiro atoms. The van der Waals surface area contributed by atoms with Gasteiger partial charge in [-0.2, -0.15) is 5.10 Å². The number of hydrogen-bond donors (Lipinski definition) is 1. The zero-order valence-electron chi connectivity index (χ0n) is 14.7. The Bertz CT molecular complexity index is 783. The molecule has 1 amide bonds. The lowest BCUT2D eigenvalue weighted by Crippen LogP contribution is -2.39. The molecule has 1 aliphatic carbocycles. The fourth-order valence-corrected chi connectivity index (χ4v) is 3.27. The maximum atomic E-state index is 12.2. The van der Waals surface area contributed by atoms with E-state index < -0.39 is 0 Å². The second-order valence-electron chi connectivity index (χ2n) is 6.81. The van der Waals surface area contributed by atoms with Gasteiger partial charge in [0.25, 0.3) is 5.56 Å². The molecule has 3 rings (SSSR count). The Labute approximate surface area is 148 Å². The van der Waals surface area contributed by atoms with E-state index in [-0.39, 0.29) is 24.1 Å². The van der Waals surface area contributed by atoms with Crippen LogP contribution < -0.4 is 10.9 Å². The minimum atomic E-state index is -0.187. The van der Waals surface area contributed by atoms with Crippen LogP contribution in [0.3, 0.4) is 0 Å². The van der Waals surface area contributed by atoms with Crippen molar-refractivity contribution in [1.82, 2.24) is 15.1 Å². The first kappa shape index (κ1) is 17.4. The number of carbonyl (C=O) groups excluding carboxylic acids is 1. The summed E-state index contributed by atoms with van der Waals surface area (Å²) < 4.78 is 1.30. The van der Waals surface area contributed by atoms with Crippen LogP contribution in [-0.4, -0.2) is 21.7 Å². The van der Waals surface area contributed by atoms with Crippen molar-refractivity contribution in [2.24, 2.45) is 0 Å². The van der Waals surface area contributed by atoms with Gasteiger partial charge in [0.2, 0.25) is 5.91 Å². The molecule has 5 nitrogen and oxygen atoms in total. The molecule has 1 heterocycles. The first-order valence-corrected chi connectivity index (χ1v) is 9.05. The zero-order chi connectivity index (χ0) is 17.6. The van der Waals surface area contributed by atoms with Gasteiger partial charge >= 0.3 is 0 Å². The molecule has 1 unspecified atom stereocenters. The van der Waals surface area contributed by atoms with Crippen molar-refractivity contribution in [2.75, 3.05) is 0 Å². The van der Waals surface area contributed by atoms with Crippen LogP contribution in [0.5, 0.6) is 0 Å². The van der Waals surface area contributed by atoms with E-state index in [4.69, 9.17) is 0 Å². The van der Waals surface area contributed by atoms with Gasteiger partial charge in [-0.1, -0.05) is 30.3 Å². The third kappa shape index (κ3) is 4.78. The summed E-state index contributed by atoms with van der Waals surface area (Å²) in [6.45, 7) is 1.98. The molecular formula is C20H25N3O2. The van der Waals surface area contributed by atoms with E-state index in [0.717, 1.165) is 49.8 Å². The Kier molecular flexibility index (Phi) is 5.64. The maximum Gasteiger partial charge on any atom is 0.267 e. The molecular weight excluding hydrogens is 314 g/mol. The summed E-state index contributed by atoms with van der Waals surface area (Å²) in [6, 6.07) is 11.9. The van der Waals surface area contributed by atoms with Crippen molar-refractivity contribution in [3.63, 3.8) is 0 Å². The number of aromatic nitrogens is 2. The van der Waals surface area contributed by atoms with Gasteiger partial charge in [-0.3, -0.25) is 9.59 Å². The fourth-order valence-electron chi connectivity index (χ4n) is 3.27. The molecule has 1 aromatic carbocycles. The van der Waals surface area contributed by atoms with Crippen LogP contribution in [-0.2, 0) is 30.6 Å². The smallest absolute Gasteiger partial charge is 0.267 e. The van der Waals surface area contributed by atoms with E-state index in [0.29, 0.717) is 0 Å². The summed E-state index contributed by atoms with van der Waals surface area (Å²) in [7, 11) is 0. The van der Waals surface area contributed by atoms with Crippen LogP contribution in [0.15, 0.2) is 41.2 Å². The van der Waals surface area contributed by atoms with Crippen LogP contribution in [0.2, 0.25) is 0 Å². The molecule has 0 bridgehead atoms. The van der Waals surface area contributed by atoms with Gasteiger partial charge in [0.05, 0.1) is 5.69 Å². The van der Waals surface area contributed by atoms with Gasteiger partial charge in [-0.25, -0.2) is 4.68 Å². The second kappa shape index (κ2) is 8.10. The van der Waals surface area contributed by atoms with Crippen LogP contribution >= 0.6 is 0 Å². The van der Waals surface area contributed by atoms with Crippen LogP contribution in [0.4, 0.5) is 0 Å². The Balaban J connectivity index is 1.54. The van der Waals surface area contributed by atoms with E-state index in [2.05, 4.69) is 22.5 Å². The van der Waals surface area contributed by atoms with Crippen molar-refractivity contribution >= 4 is 5.91 Å². The minimum absolute atomic E-state index is 0.0121. The maximum absolute atomic E-state index is 12.2. The normalized spacial score (nSPS) is 14.6. The standard InChI is InChI=1S/C20H25N3O2/c1-15(11-12-16-7-3-2-4-8-16)21-19(24)14-23-20(25)13-17-9-5-6-10-18(17)22-23/h2-4,7-8,13,15H,5-6,9-12,14H2,1H3,(H,21,24). The SMILES string of the molecule is CC(CCc1ccccc1)NC(=O)Cn1nc2c(cc1=O)CCCC2. The lowest BCUT2D eigenvalue weighted by Gasteiger charge is -2.17. The molecule has 1 aromatic heterocycles. The highest BCUT2D eigenvalue weighted by molar-refractivity contribution is 5.75.